The van der Waals surface area contributed by atoms with Gasteiger partial charge in [0.15, 0.2) is 0 Å². The number of anilines is 1. The Morgan fingerprint density at radius 3 is 2.73 bits per heavy atom. The van der Waals surface area contributed by atoms with Crippen LogP contribution in [-0.2, 0) is 6.54 Å². The third-order valence-corrected chi connectivity index (χ3v) is 5.56. The van der Waals surface area contributed by atoms with Crippen LogP contribution in [0.4, 0.5) is 5.13 Å². The van der Waals surface area contributed by atoms with Crippen molar-refractivity contribution in [3.05, 3.63) is 35.3 Å². The molecule has 1 aromatic carbocycles. The summed E-state index contributed by atoms with van der Waals surface area (Å²) in [5, 5.41) is 9.32. The molecular weight excluding hydrogens is 296 g/mol. The Morgan fingerprint density at radius 2 is 2.00 bits per heavy atom. The number of benzene rings is 1. The van der Waals surface area contributed by atoms with Crippen LogP contribution >= 0.6 is 11.3 Å². The molecule has 2 atom stereocenters. The number of fused-ring (bicyclic) bond motifs is 1. The fraction of sp³-hybridized carbons (Fsp3) is 0.500. The molecule has 0 spiro atoms. The van der Waals surface area contributed by atoms with E-state index in [1.54, 1.807) is 18.4 Å². The summed E-state index contributed by atoms with van der Waals surface area (Å²) >= 11 is 1.65. The first-order valence-corrected chi connectivity index (χ1v) is 8.63. The average Bonchev–Trinajstić information content (AvgIpc) is 3.26. The van der Waals surface area contributed by atoms with E-state index >= 15 is 0 Å². The molecule has 1 aromatic heterocycles. The summed E-state index contributed by atoms with van der Waals surface area (Å²) in [5.41, 5.74) is 3.18. The quantitative estimate of drug-likeness (QED) is 0.866. The fourth-order valence-electron chi connectivity index (χ4n) is 3.77. The van der Waals surface area contributed by atoms with Crippen molar-refractivity contribution < 1.29 is 4.74 Å². The molecule has 0 unspecified atom stereocenters. The summed E-state index contributed by atoms with van der Waals surface area (Å²) in [6.07, 6.45) is 2.45. The molecule has 0 aliphatic carbocycles. The Morgan fingerprint density at radius 1 is 1.18 bits per heavy atom. The summed E-state index contributed by atoms with van der Waals surface area (Å²) in [6.45, 7) is 3.29. The van der Waals surface area contributed by atoms with Gasteiger partial charge in [-0.3, -0.25) is 4.90 Å². The molecule has 6 heteroatoms. The van der Waals surface area contributed by atoms with Crippen molar-refractivity contribution in [1.29, 1.82) is 0 Å². The van der Waals surface area contributed by atoms with Crippen LogP contribution in [0.1, 0.15) is 18.4 Å². The second-order valence-electron chi connectivity index (χ2n) is 5.95. The average molecular weight is 316 g/mol. The molecule has 0 N–H and O–H groups in total. The normalized spacial score (nSPS) is 24.7. The van der Waals surface area contributed by atoms with E-state index in [9.17, 15) is 0 Å². The molecule has 0 bridgehead atoms. The van der Waals surface area contributed by atoms with Crippen molar-refractivity contribution in [2.45, 2.75) is 31.5 Å². The number of hydrogen-bond donors (Lipinski definition) is 0. The molecule has 0 amide bonds. The third kappa shape index (κ3) is 2.46. The van der Waals surface area contributed by atoms with Crippen molar-refractivity contribution in [2.24, 2.45) is 0 Å². The van der Waals surface area contributed by atoms with Gasteiger partial charge in [0.05, 0.1) is 7.11 Å². The van der Waals surface area contributed by atoms with Gasteiger partial charge < -0.3 is 9.64 Å². The van der Waals surface area contributed by atoms with Crippen LogP contribution in [0.2, 0.25) is 0 Å². The van der Waals surface area contributed by atoms with Gasteiger partial charge in [-0.25, -0.2) is 0 Å². The number of methoxy groups -OCH3 is 1. The van der Waals surface area contributed by atoms with E-state index in [4.69, 9.17) is 4.74 Å². The molecule has 4 rings (SSSR count). The number of nitrogens with zero attached hydrogens (tertiary/aromatic N) is 4. The van der Waals surface area contributed by atoms with Crippen LogP contribution in [-0.4, -0.2) is 47.4 Å². The summed E-state index contributed by atoms with van der Waals surface area (Å²) in [6, 6.07) is 9.68. The van der Waals surface area contributed by atoms with E-state index in [1.807, 2.05) is 17.6 Å². The highest BCUT2D eigenvalue weighted by Gasteiger charge is 2.43. The summed E-state index contributed by atoms with van der Waals surface area (Å²) < 4.78 is 5.23. The molecule has 0 radical (unpaired) electrons. The van der Waals surface area contributed by atoms with E-state index in [-0.39, 0.29) is 0 Å². The second-order valence-corrected chi connectivity index (χ2v) is 6.76. The number of rotatable bonds is 4. The Bertz CT molecular complexity index is 616. The Labute approximate surface area is 134 Å². The highest BCUT2D eigenvalue weighted by Crippen LogP contribution is 2.36. The van der Waals surface area contributed by atoms with E-state index in [2.05, 4.69) is 32.1 Å². The van der Waals surface area contributed by atoms with Crippen molar-refractivity contribution in [2.75, 3.05) is 25.1 Å². The van der Waals surface area contributed by atoms with Crippen LogP contribution in [0, 0.1) is 0 Å². The number of hydrogen-bond acceptors (Lipinski definition) is 6. The zero-order chi connectivity index (χ0) is 14.9. The summed E-state index contributed by atoms with van der Waals surface area (Å²) in [4.78, 5) is 5.07. The predicted molar refractivity (Wildman–Crippen MR) is 87.5 cm³/mol. The van der Waals surface area contributed by atoms with Crippen LogP contribution in [0.15, 0.2) is 29.8 Å². The van der Waals surface area contributed by atoms with E-state index < -0.39 is 0 Å². The van der Waals surface area contributed by atoms with Gasteiger partial charge in [-0.2, -0.15) is 0 Å². The van der Waals surface area contributed by atoms with E-state index in [1.165, 1.54) is 18.4 Å². The van der Waals surface area contributed by atoms with Gasteiger partial charge >= 0.3 is 0 Å². The smallest absolute Gasteiger partial charge is 0.208 e. The van der Waals surface area contributed by atoms with E-state index in [0.717, 1.165) is 30.5 Å². The SMILES string of the molecule is COc1ccc(CN2CC[C@H]3[C@H]2CCN3c2nncs2)cc1. The second kappa shape index (κ2) is 5.85. The number of aromatic nitrogens is 2. The molecule has 3 heterocycles. The molecule has 22 heavy (non-hydrogen) atoms. The Hall–Kier alpha value is -1.66. The lowest BCUT2D eigenvalue weighted by Crippen LogP contribution is -2.36. The van der Waals surface area contributed by atoms with Gasteiger partial charge in [0.25, 0.3) is 0 Å². The first kappa shape index (κ1) is 14.0. The lowest BCUT2D eigenvalue weighted by molar-refractivity contribution is 0.246. The minimum absolute atomic E-state index is 0.603. The highest BCUT2D eigenvalue weighted by atomic mass is 32.1. The topological polar surface area (TPSA) is 41.5 Å². The maximum atomic E-state index is 5.23. The number of ether oxygens (including phenoxy) is 1. The molecule has 2 saturated heterocycles. The van der Waals surface area contributed by atoms with Crippen LogP contribution in [0.5, 0.6) is 5.75 Å². The van der Waals surface area contributed by atoms with Gasteiger partial charge in [-0.05, 0) is 30.5 Å². The lowest BCUT2D eigenvalue weighted by Gasteiger charge is -2.25. The van der Waals surface area contributed by atoms with Gasteiger partial charge in [0, 0.05) is 31.7 Å². The van der Waals surface area contributed by atoms with Crippen molar-refractivity contribution in [3.63, 3.8) is 0 Å². The molecule has 2 fully saturated rings. The molecule has 0 saturated carbocycles. The third-order valence-electron chi connectivity index (χ3n) is 4.83. The molecular formula is C16H20N4OS. The minimum atomic E-state index is 0.603. The summed E-state index contributed by atoms with van der Waals surface area (Å²) in [5.74, 6) is 0.923. The zero-order valence-corrected chi connectivity index (χ0v) is 13.5. The van der Waals surface area contributed by atoms with Gasteiger partial charge in [0.1, 0.15) is 11.3 Å². The van der Waals surface area contributed by atoms with Gasteiger partial charge in [-0.1, -0.05) is 23.5 Å². The van der Waals surface area contributed by atoms with Gasteiger partial charge in [0.2, 0.25) is 5.13 Å². The van der Waals surface area contributed by atoms with Crippen LogP contribution < -0.4 is 9.64 Å². The monoisotopic (exact) mass is 316 g/mol. The van der Waals surface area contributed by atoms with E-state index in [0.29, 0.717) is 12.1 Å². The standard InChI is InChI=1S/C16H20N4OS/c1-21-13-4-2-12(3-5-13)10-19-8-6-15-14(19)7-9-20(15)16-18-17-11-22-16/h2-5,11,14-15H,6-10H2,1H3/t14-,15+/m1/s1. The molecule has 116 valence electrons. The van der Waals surface area contributed by atoms with Crippen molar-refractivity contribution in [3.8, 4) is 5.75 Å². The number of likely N-dealkylation sites (tertiary alicyclic amines) is 1. The predicted octanol–water partition coefficient (Wildman–Crippen LogP) is 2.40. The van der Waals surface area contributed by atoms with Crippen molar-refractivity contribution >= 4 is 16.5 Å². The Balaban J connectivity index is 1.44. The maximum absolute atomic E-state index is 5.23. The zero-order valence-electron chi connectivity index (χ0n) is 12.7. The first-order chi connectivity index (χ1) is 10.8. The Kier molecular flexibility index (Phi) is 3.72. The lowest BCUT2D eigenvalue weighted by atomic mass is 10.1. The van der Waals surface area contributed by atoms with Crippen molar-refractivity contribution in [1.82, 2.24) is 15.1 Å². The highest BCUT2D eigenvalue weighted by molar-refractivity contribution is 7.13. The van der Waals surface area contributed by atoms with Crippen LogP contribution in [0.3, 0.4) is 0 Å². The fourth-order valence-corrected chi connectivity index (χ4v) is 4.41. The molecule has 2 aromatic rings. The summed E-state index contributed by atoms with van der Waals surface area (Å²) in [7, 11) is 1.71. The molecule has 5 nitrogen and oxygen atoms in total. The first-order valence-electron chi connectivity index (χ1n) is 7.75. The molecule has 2 aliphatic rings. The minimum Gasteiger partial charge on any atom is -0.497 e. The largest absolute Gasteiger partial charge is 0.497 e. The molecule has 2 aliphatic heterocycles. The van der Waals surface area contributed by atoms with Gasteiger partial charge in [-0.15, -0.1) is 10.2 Å². The van der Waals surface area contributed by atoms with Crippen LogP contribution in [0.25, 0.3) is 0 Å². The maximum Gasteiger partial charge on any atom is 0.208 e.